The zero-order valence-electron chi connectivity index (χ0n) is 12.5. The van der Waals surface area contributed by atoms with Crippen molar-refractivity contribution in [3.05, 3.63) is 30.8 Å². The lowest BCUT2D eigenvalue weighted by Crippen LogP contribution is -2.42. The Hall–Kier alpha value is -2.23. The molecule has 0 heterocycles. The number of rotatable bonds is 8. The number of hydrogen-bond donors (Lipinski definition) is 1. The van der Waals surface area contributed by atoms with Gasteiger partial charge in [-0.25, -0.2) is 0 Å². The lowest BCUT2D eigenvalue weighted by atomic mass is 10.2. The van der Waals surface area contributed by atoms with E-state index < -0.39 is 67.6 Å². The SMILES string of the molecule is O=C(S)CCOc1c([N+](=O)[O-])cc(Br)c(OC(F)(F)C(F)(F)F)c1[N+](=O)[O-]. The number of benzene rings is 1. The highest BCUT2D eigenvalue weighted by Crippen LogP contribution is 2.51. The molecule has 0 amide bonds. The fourth-order valence-corrected chi connectivity index (χ4v) is 2.13. The number of hydrogen-bond acceptors (Lipinski definition) is 7. The van der Waals surface area contributed by atoms with Crippen LogP contribution in [0.3, 0.4) is 0 Å². The maximum absolute atomic E-state index is 13.2. The molecule has 0 aliphatic carbocycles. The van der Waals surface area contributed by atoms with Gasteiger partial charge in [0.05, 0.1) is 27.3 Å². The molecule has 0 aromatic heterocycles. The maximum atomic E-state index is 13.2. The molecular formula is C11H6BrF5N2O7S. The van der Waals surface area contributed by atoms with Gasteiger partial charge >= 0.3 is 23.7 Å². The number of alkyl halides is 5. The Morgan fingerprint density at radius 2 is 1.70 bits per heavy atom. The first-order valence-electron chi connectivity index (χ1n) is 6.32. The van der Waals surface area contributed by atoms with E-state index in [0.717, 1.165) is 0 Å². The Morgan fingerprint density at radius 3 is 2.11 bits per heavy atom. The molecule has 150 valence electrons. The Labute approximate surface area is 159 Å². The fourth-order valence-electron chi connectivity index (χ4n) is 1.56. The van der Waals surface area contributed by atoms with Gasteiger partial charge in [0.15, 0.2) is 5.12 Å². The first-order valence-corrected chi connectivity index (χ1v) is 7.56. The van der Waals surface area contributed by atoms with Gasteiger partial charge in [-0.15, -0.1) is 12.6 Å². The summed E-state index contributed by atoms with van der Waals surface area (Å²) in [5.74, 6) is -2.92. The molecule has 0 fully saturated rings. The predicted molar refractivity (Wildman–Crippen MR) is 83.2 cm³/mol. The number of carbonyl (C=O) groups is 1. The highest BCUT2D eigenvalue weighted by molar-refractivity contribution is 9.10. The van der Waals surface area contributed by atoms with Crippen molar-refractivity contribution in [2.75, 3.05) is 6.61 Å². The second-order valence-corrected chi connectivity index (χ2v) is 5.86. The van der Waals surface area contributed by atoms with Gasteiger partial charge in [0.1, 0.15) is 0 Å². The summed E-state index contributed by atoms with van der Waals surface area (Å²) >= 11 is 5.78. The molecular weight excluding hydrogens is 479 g/mol. The molecule has 0 atom stereocenters. The zero-order chi connectivity index (χ0) is 21.2. The van der Waals surface area contributed by atoms with E-state index in [-0.39, 0.29) is 0 Å². The summed E-state index contributed by atoms with van der Waals surface area (Å²) in [5, 5.41) is 21.4. The summed E-state index contributed by atoms with van der Waals surface area (Å²) in [7, 11) is 0. The van der Waals surface area contributed by atoms with Crippen LogP contribution in [-0.4, -0.2) is 33.9 Å². The number of nitro benzene ring substituents is 2. The third-order valence-electron chi connectivity index (χ3n) is 2.65. The Kier molecular flexibility index (Phi) is 6.93. The summed E-state index contributed by atoms with van der Waals surface area (Å²) in [6.45, 7) is -0.708. The van der Waals surface area contributed by atoms with E-state index in [1.54, 1.807) is 0 Å². The fraction of sp³-hybridized carbons (Fsp3) is 0.364. The Morgan fingerprint density at radius 1 is 1.15 bits per heavy atom. The van der Waals surface area contributed by atoms with Crippen LogP contribution in [0.2, 0.25) is 0 Å². The van der Waals surface area contributed by atoms with E-state index in [2.05, 4.69) is 33.3 Å². The van der Waals surface area contributed by atoms with Crippen molar-refractivity contribution in [1.82, 2.24) is 0 Å². The van der Waals surface area contributed by atoms with E-state index >= 15 is 0 Å². The number of nitro groups is 2. The van der Waals surface area contributed by atoms with Crippen LogP contribution < -0.4 is 9.47 Å². The molecule has 9 nitrogen and oxygen atoms in total. The highest BCUT2D eigenvalue weighted by atomic mass is 79.9. The Bertz CT molecular complexity index is 789. The van der Waals surface area contributed by atoms with Crippen LogP contribution in [0.15, 0.2) is 10.5 Å². The third kappa shape index (κ3) is 5.38. The van der Waals surface area contributed by atoms with Crippen LogP contribution >= 0.6 is 28.6 Å². The van der Waals surface area contributed by atoms with Crippen LogP contribution in [-0.2, 0) is 4.79 Å². The second-order valence-electron chi connectivity index (χ2n) is 4.51. The van der Waals surface area contributed by atoms with Gasteiger partial charge < -0.3 is 9.47 Å². The summed E-state index contributed by atoms with van der Waals surface area (Å²) in [4.78, 5) is 30.3. The van der Waals surface area contributed by atoms with Crippen molar-refractivity contribution in [2.45, 2.75) is 18.7 Å². The number of halogens is 6. The molecule has 1 aromatic rings. The molecule has 1 rings (SSSR count). The minimum Gasteiger partial charge on any atom is -0.481 e. The molecule has 0 aliphatic heterocycles. The second kappa shape index (κ2) is 8.20. The minimum atomic E-state index is -6.23. The summed E-state index contributed by atoms with van der Waals surface area (Å²) in [6.07, 6.45) is -12.6. The van der Waals surface area contributed by atoms with Crippen molar-refractivity contribution >= 4 is 45.0 Å². The van der Waals surface area contributed by atoms with Crippen molar-refractivity contribution in [3.63, 3.8) is 0 Å². The molecule has 0 aliphatic rings. The highest BCUT2D eigenvalue weighted by Gasteiger charge is 2.62. The average Bonchev–Trinajstić information content (AvgIpc) is 2.47. The van der Waals surface area contributed by atoms with E-state index in [9.17, 15) is 47.0 Å². The normalized spacial score (nSPS) is 11.8. The van der Waals surface area contributed by atoms with E-state index in [0.29, 0.717) is 6.07 Å². The standard InChI is InChI=1S/C11H6BrF5N2O7S/c12-4-3-5(18(21)22)9(25-2-1-6(20)27)7(19(23)24)8(4)26-11(16,17)10(13,14)15/h3H,1-2H2,(H,20,27). The quantitative estimate of drug-likeness (QED) is 0.256. The summed E-state index contributed by atoms with van der Waals surface area (Å²) < 4.78 is 70.6. The van der Waals surface area contributed by atoms with Gasteiger partial charge in [-0.3, -0.25) is 25.0 Å². The number of thiol groups is 1. The van der Waals surface area contributed by atoms with Crippen molar-refractivity contribution in [3.8, 4) is 11.5 Å². The molecule has 0 N–H and O–H groups in total. The van der Waals surface area contributed by atoms with Gasteiger partial charge in [0.2, 0.25) is 5.75 Å². The summed E-state index contributed by atoms with van der Waals surface area (Å²) in [6, 6.07) is 0.382. The van der Waals surface area contributed by atoms with Gasteiger partial charge in [0.25, 0.3) is 5.75 Å². The molecule has 0 unspecified atom stereocenters. The third-order valence-corrected chi connectivity index (χ3v) is 3.46. The minimum absolute atomic E-state index is 0.382. The number of nitrogens with zero attached hydrogens (tertiary/aromatic N) is 2. The molecule has 0 bridgehead atoms. The molecule has 16 heteroatoms. The molecule has 0 saturated heterocycles. The smallest absolute Gasteiger partial charge is 0.481 e. The van der Waals surface area contributed by atoms with Crippen LogP contribution in [0.25, 0.3) is 0 Å². The molecule has 0 spiro atoms. The first kappa shape index (κ1) is 22.8. The van der Waals surface area contributed by atoms with Gasteiger partial charge in [0, 0.05) is 6.07 Å². The van der Waals surface area contributed by atoms with Crippen LogP contribution in [0.5, 0.6) is 11.5 Å². The largest absolute Gasteiger partial charge is 0.499 e. The topological polar surface area (TPSA) is 122 Å². The Balaban J connectivity index is 3.61. The molecule has 0 radical (unpaired) electrons. The monoisotopic (exact) mass is 484 g/mol. The summed E-state index contributed by atoms with van der Waals surface area (Å²) in [5.41, 5.74) is -2.80. The van der Waals surface area contributed by atoms with Gasteiger partial charge in [-0.2, -0.15) is 22.0 Å². The van der Waals surface area contributed by atoms with E-state index in [1.165, 1.54) is 0 Å². The molecule has 1 aromatic carbocycles. The van der Waals surface area contributed by atoms with Gasteiger partial charge in [-0.05, 0) is 15.9 Å². The van der Waals surface area contributed by atoms with Crippen LogP contribution in [0, 0.1) is 20.2 Å². The van der Waals surface area contributed by atoms with E-state index in [4.69, 9.17) is 4.74 Å². The molecule has 0 saturated carbocycles. The maximum Gasteiger partial charge on any atom is 0.499 e. The van der Waals surface area contributed by atoms with Gasteiger partial charge in [-0.1, -0.05) is 0 Å². The lowest BCUT2D eigenvalue weighted by Gasteiger charge is -2.21. The number of carbonyl (C=O) groups excluding carboxylic acids is 1. The van der Waals surface area contributed by atoms with Crippen LogP contribution in [0.4, 0.5) is 33.3 Å². The van der Waals surface area contributed by atoms with Crippen molar-refractivity contribution in [1.29, 1.82) is 0 Å². The first-order chi connectivity index (χ1) is 12.2. The van der Waals surface area contributed by atoms with Crippen LogP contribution in [0.1, 0.15) is 6.42 Å². The lowest BCUT2D eigenvalue weighted by molar-refractivity contribution is -0.400. The predicted octanol–water partition coefficient (Wildman–Crippen LogP) is 4.02. The average molecular weight is 485 g/mol. The molecule has 27 heavy (non-hydrogen) atoms. The van der Waals surface area contributed by atoms with E-state index in [1.807, 2.05) is 0 Å². The van der Waals surface area contributed by atoms with Crippen molar-refractivity contribution < 1.29 is 46.1 Å². The zero-order valence-corrected chi connectivity index (χ0v) is 14.9. The van der Waals surface area contributed by atoms with Crippen molar-refractivity contribution in [2.24, 2.45) is 0 Å². The number of ether oxygens (including phenoxy) is 2.